The monoisotopic (exact) mass is 346 g/mol. The number of anilines is 1. The highest BCUT2D eigenvalue weighted by atomic mass is 79.9. The third kappa shape index (κ3) is 2.97. The highest BCUT2D eigenvalue weighted by molar-refractivity contribution is 5.77. The summed E-state index contributed by atoms with van der Waals surface area (Å²) in [5.41, 5.74) is 1.85. The highest BCUT2D eigenvalue weighted by Gasteiger charge is 2.14. The highest BCUT2D eigenvalue weighted by Crippen LogP contribution is 2.13. The number of para-hydroxylation sites is 1. The molecule has 2 heterocycles. The number of hydrogen-bond donors (Lipinski definition) is 0. The van der Waals surface area contributed by atoms with Crippen LogP contribution in [0, 0.1) is 0 Å². The number of benzene rings is 1. The lowest BCUT2D eigenvalue weighted by atomic mass is 10.2. The third-order valence-corrected chi connectivity index (χ3v) is 3.23. The molecule has 3 rings (SSSR count). The van der Waals surface area contributed by atoms with E-state index in [4.69, 9.17) is 4.42 Å². The van der Waals surface area contributed by atoms with Crippen molar-refractivity contribution in [2.24, 2.45) is 0 Å². The summed E-state index contributed by atoms with van der Waals surface area (Å²) < 4.78 is 7.11. The Bertz CT molecular complexity index is 810. The minimum Gasteiger partial charge on any atom is -1.00 e. The summed E-state index contributed by atoms with van der Waals surface area (Å²) in [6, 6.07) is 13.2. The molecule has 0 amide bonds. The van der Waals surface area contributed by atoms with Gasteiger partial charge in [0.2, 0.25) is 0 Å². The van der Waals surface area contributed by atoms with Gasteiger partial charge in [-0.1, -0.05) is 18.2 Å². The Morgan fingerprint density at radius 1 is 1.05 bits per heavy atom. The molecular weight excluding hydrogens is 332 g/mol. The van der Waals surface area contributed by atoms with Crippen molar-refractivity contribution in [2.45, 2.75) is 0 Å². The number of nitrogens with zero attached hydrogens (tertiary/aromatic N) is 2. The molecule has 3 aromatic rings. The van der Waals surface area contributed by atoms with Crippen molar-refractivity contribution in [3.05, 3.63) is 65.3 Å². The summed E-state index contributed by atoms with van der Waals surface area (Å²) >= 11 is 0. The lowest BCUT2D eigenvalue weighted by molar-refractivity contribution is -0.597. The van der Waals surface area contributed by atoms with Gasteiger partial charge in [-0.05, 0) is 6.07 Å². The molecule has 1 aromatic carbocycles. The third-order valence-electron chi connectivity index (χ3n) is 3.23. The lowest BCUT2D eigenvalue weighted by Crippen LogP contribution is -3.00. The quantitative estimate of drug-likeness (QED) is 0.447. The Morgan fingerprint density at radius 2 is 1.71 bits per heavy atom. The van der Waals surface area contributed by atoms with Gasteiger partial charge in [-0.3, -0.25) is 0 Å². The number of halogens is 1. The second-order valence-corrected chi connectivity index (χ2v) is 4.81. The first kappa shape index (κ1) is 15.3. The fourth-order valence-electron chi connectivity index (χ4n) is 2.11. The van der Waals surface area contributed by atoms with Gasteiger partial charge in [-0.25, -0.2) is 4.79 Å². The van der Waals surface area contributed by atoms with Crippen LogP contribution >= 0.6 is 0 Å². The average molecular weight is 347 g/mol. The molecule has 0 spiro atoms. The molecule has 0 saturated carbocycles. The molecule has 0 atom stereocenters. The van der Waals surface area contributed by atoms with Crippen molar-refractivity contribution in [3.63, 3.8) is 0 Å². The maximum atomic E-state index is 12.1. The molecule has 0 aliphatic carbocycles. The van der Waals surface area contributed by atoms with Crippen molar-refractivity contribution in [3.8, 4) is 5.69 Å². The van der Waals surface area contributed by atoms with Crippen molar-refractivity contribution in [1.29, 1.82) is 0 Å². The van der Waals surface area contributed by atoms with Crippen LogP contribution in [-0.4, -0.2) is 14.1 Å². The standard InChI is InChI=1S/C16H15N2O2.BrH/c1-17(2)13-7-9-18(10-8-13)14-11-12-5-3-4-6-15(12)20-16(14)19;/h3-11H,1-2H3;1H/q+1;/p-1. The summed E-state index contributed by atoms with van der Waals surface area (Å²) in [5, 5.41) is 0.909. The van der Waals surface area contributed by atoms with E-state index in [2.05, 4.69) is 0 Å². The largest absolute Gasteiger partial charge is 1.00 e. The Hall–Kier alpha value is -2.14. The minimum absolute atomic E-state index is 0. The summed E-state index contributed by atoms with van der Waals surface area (Å²) in [7, 11) is 3.95. The van der Waals surface area contributed by atoms with E-state index < -0.39 is 0 Å². The maximum absolute atomic E-state index is 12.1. The summed E-state index contributed by atoms with van der Waals surface area (Å²) in [5.74, 6) is 0. The van der Waals surface area contributed by atoms with Gasteiger partial charge in [0.05, 0.1) is 0 Å². The first-order chi connectivity index (χ1) is 9.65. The van der Waals surface area contributed by atoms with Crippen LogP contribution in [0.25, 0.3) is 16.7 Å². The van der Waals surface area contributed by atoms with Gasteiger partial charge in [0.1, 0.15) is 5.58 Å². The molecule has 2 aromatic heterocycles. The molecule has 0 fully saturated rings. The molecule has 0 aliphatic rings. The molecule has 4 nitrogen and oxygen atoms in total. The number of fused-ring (bicyclic) bond motifs is 1. The maximum Gasteiger partial charge on any atom is 0.409 e. The average Bonchev–Trinajstić information content (AvgIpc) is 2.46. The first-order valence-corrected chi connectivity index (χ1v) is 6.37. The number of aromatic nitrogens is 1. The van der Waals surface area contributed by atoms with E-state index in [9.17, 15) is 4.79 Å². The Balaban J connectivity index is 0.00000161. The molecule has 21 heavy (non-hydrogen) atoms. The van der Waals surface area contributed by atoms with Crippen LogP contribution in [0.4, 0.5) is 5.69 Å². The van der Waals surface area contributed by atoms with Crippen LogP contribution in [0.3, 0.4) is 0 Å². The van der Waals surface area contributed by atoms with Crippen LogP contribution in [0.5, 0.6) is 0 Å². The van der Waals surface area contributed by atoms with E-state index in [1.807, 2.05) is 67.8 Å². The zero-order valence-corrected chi connectivity index (χ0v) is 13.4. The Kier molecular flexibility index (Phi) is 4.43. The molecule has 0 N–H and O–H groups in total. The van der Waals surface area contributed by atoms with E-state index in [0.29, 0.717) is 11.3 Å². The van der Waals surface area contributed by atoms with Gasteiger partial charge in [-0.15, -0.1) is 0 Å². The predicted octanol–water partition coefficient (Wildman–Crippen LogP) is -0.860. The number of hydrogen-bond acceptors (Lipinski definition) is 3. The normalized spacial score (nSPS) is 10.2. The van der Waals surface area contributed by atoms with Gasteiger partial charge < -0.3 is 26.3 Å². The summed E-state index contributed by atoms with van der Waals surface area (Å²) in [6.07, 6.45) is 3.72. The smallest absolute Gasteiger partial charge is 0.409 e. The fraction of sp³-hybridized carbons (Fsp3) is 0.125. The van der Waals surface area contributed by atoms with Crippen LogP contribution in [0.1, 0.15) is 0 Å². The molecular formula is C16H15BrN2O2. The van der Waals surface area contributed by atoms with Crippen molar-refractivity contribution >= 4 is 16.7 Å². The number of pyridine rings is 1. The molecule has 5 heteroatoms. The van der Waals surface area contributed by atoms with Gasteiger partial charge in [-0.2, -0.15) is 4.57 Å². The molecule has 0 bridgehead atoms. The predicted molar refractivity (Wildman–Crippen MR) is 78.3 cm³/mol. The lowest BCUT2D eigenvalue weighted by Gasteiger charge is -2.10. The van der Waals surface area contributed by atoms with Gasteiger partial charge in [0, 0.05) is 43.4 Å². The van der Waals surface area contributed by atoms with Crippen molar-refractivity contribution in [1.82, 2.24) is 0 Å². The fourth-order valence-corrected chi connectivity index (χ4v) is 2.11. The number of rotatable bonds is 2. The molecule has 0 unspecified atom stereocenters. The second kappa shape index (κ2) is 6.10. The topological polar surface area (TPSA) is 37.3 Å². The van der Waals surface area contributed by atoms with E-state index in [1.165, 1.54) is 0 Å². The Morgan fingerprint density at radius 3 is 2.38 bits per heavy atom. The molecule has 0 aliphatic heterocycles. The Labute approximate surface area is 133 Å². The van der Waals surface area contributed by atoms with Gasteiger partial charge in [0.15, 0.2) is 12.4 Å². The van der Waals surface area contributed by atoms with Crippen molar-refractivity contribution in [2.75, 3.05) is 19.0 Å². The van der Waals surface area contributed by atoms with Crippen LogP contribution < -0.4 is 32.1 Å². The van der Waals surface area contributed by atoms with Gasteiger partial charge in [0.25, 0.3) is 5.69 Å². The van der Waals surface area contributed by atoms with Crippen LogP contribution in [0.15, 0.2) is 64.1 Å². The molecule has 0 saturated heterocycles. The van der Waals surface area contributed by atoms with Crippen LogP contribution in [0.2, 0.25) is 0 Å². The van der Waals surface area contributed by atoms with E-state index in [1.54, 1.807) is 10.6 Å². The SMILES string of the molecule is CN(C)c1cc[n+](-c2cc3ccccc3oc2=O)cc1.[Br-]. The van der Waals surface area contributed by atoms with E-state index >= 15 is 0 Å². The van der Waals surface area contributed by atoms with Crippen LogP contribution in [-0.2, 0) is 0 Å². The first-order valence-electron chi connectivity index (χ1n) is 6.37. The second-order valence-electron chi connectivity index (χ2n) is 4.81. The summed E-state index contributed by atoms with van der Waals surface area (Å²) in [6.45, 7) is 0. The van der Waals surface area contributed by atoms with Crippen molar-refractivity contribution < 1.29 is 26.0 Å². The zero-order valence-electron chi connectivity index (χ0n) is 11.8. The molecule has 0 radical (unpaired) electrons. The van der Waals surface area contributed by atoms with E-state index in [0.717, 1.165) is 11.1 Å². The summed E-state index contributed by atoms with van der Waals surface area (Å²) in [4.78, 5) is 14.1. The van der Waals surface area contributed by atoms with Gasteiger partial charge >= 0.3 is 5.63 Å². The minimum atomic E-state index is -0.341. The van der Waals surface area contributed by atoms with E-state index in [-0.39, 0.29) is 22.6 Å². The molecule has 108 valence electrons. The zero-order chi connectivity index (χ0) is 14.1.